The molecule has 1 aromatic carbocycles. The molecule has 0 spiro atoms. The fraction of sp³-hybridized carbons (Fsp3) is 0.278. The molecule has 5 rings (SSSR count). The van der Waals surface area contributed by atoms with E-state index >= 15 is 0 Å². The first kappa shape index (κ1) is 14.8. The number of nitrogens with zero attached hydrogens (tertiary/aromatic N) is 5. The summed E-state index contributed by atoms with van der Waals surface area (Å²) in [6.45, 7) is 1.94. The van der Waals surface area contributed by atoms with Crippen LogP contribution in [0.3, 0.4) is 0 Å². The van der Waals surface area contributed by atoms with Crippen LogP contribution in [0.4, 0.5) is 0 Å². The predicted molar refractivity (Wildman–Crippen MR) is 95.2 cm³/mol. The lowest BCUT2D eigenvalue weighted by Crippen LogP contribution is -2.08. The first-order valence-electron chi connectivity index (χ1n) is 8.34. The van der Waals surface area contributed by atoms with E-state index in [1.807, 2.05) is 47.9 Å². The van der Waals surface area contributed by atoms with E-state index < -0.39 is 6.10 Å². The second-order valence-corrected chi connectivity index (χ2v) is 7.50. The van der Waals surface area contributed by atoms with E-state index in [2.05, 4.69) is 15.3 Å². The highest BCUT2D eigenvalue weighted by Gasteiger charge is 2.34. The van der Waals surface area contributed by atoms with E-state index in [-0.39, 0.29) is 0 Å². The summed E-state index contributed by atoms with van der Waals surface area (Å²) < 4.78 is 3.76. The summed E-state index contributed by atoms with van der Waals surface area (Å²) in [7, 11) is 0. The highest BCUT2D eigenvalue weighted by molar-refractivity contribution is 7.17. The van der Waals surface area contributed by atoms with Gasteiger partial charge >= 0.3 is 0 Å². The topological polar surface area (TPSA) is 68.2 Å². The smallest absolute Gasteiger partial charge is 0.141 e. The number of para-hydroxylation sites is 1. The number of thiazole rings is 1. The van der Waals surface area contributed by atoms with Crippen LogP contribution in [0.25, 0.3) is 10.5 Å². The van der Waals surface area contributed by atoms with Crippen LogP contribution >= 0.6 is 11.3 Å². The average Bonchev–Trinajstić information content (AvgIpc) is 3.09. The van der Waals surface area contributed by atoms with Gasteiger partial charge in [-0.05, 0) is 37.8 Å². The first-order chi connectivity index (χ1) is 12.2. The third kappa shape index (κ3) is 2.31. The maximum absolute atomic E-state index is 11.1. The number of benzene rings is 1. The van der Waals surface area contributed by atoms with E-state index in [1.165, 1.54) is 17.7 Å². The van der Waals surface area contributed by atoms with E-state index in [0.29, 0.717) is 11.6 Å². The van der Waals surface area contributed by atoms with Gasteiger partial charge in [0.15, 0.2) is 0 Å². The molecule has 6 nitrogen and oxygen atoms in total. The van der Waals surface area contributed by atoms with Crippen molar-refractivity contribution in [2.45, 2.75) is 31.8 Å². The molecule has 3 aromatic heterocycles. The minimum atomic E-state index is -0.809. The van der Waals surface area contributed by atoms with E-state index in [4.69, 9.17) is 0 Å². The van der Waals surface area contributed by atoms with Crippen LogP contribution < -0.4 is 0 Å². The zero-order valence-electron chi connectivity index (χ0n) is 13.7. The molecule has 0 amide bonds. The third-order valence-electron chi connectivity index (χ3n) is 4.73. The Morgan fingerprint density at radius 2 is 2.04 bits per heavy atom. The lowest BCUT2D eigenvalue weighted by atomic mass is 10.1. The standard InChI is InChI=1S/C18H17N5OS/c1-11-15(20-21-23(11)13-5-3-2-4-6-13)17(24)16-18(12-7-8-12)25-14-9-19-10-22(14)16/h2-6,9-10,12,17,24H,7-8H2,1H3/t17-/m0/s1. The molecule has 4 aromatic rings. The molecule has 1 saturated carbocycles. The fourth-order valence-corrected chi connectivity index (χ4v) is 4.56. The van der Waals surface area contributed by atoms with Crippen LogP contribution in [0.2, 0.25) is 0 Å². The minimum Gasteiger partial charge on any atom is -0.380 e. The molecular formula is C18H17N5OS. The number of hydrogen-bond donors (Lipinski definition) is 1. The van der Waals surface area contributed by atoms with E-state index in [0.717, 1.165) is 21.9 Å². The normalized spacial score (nSPS) is 15.8. The summed E-state index contributed by atoms with van der Waals surface area (Å²) in [4.78, 5) is 6.52. The summed E-state index contributed by atoms with van der Waals surface area (Å²) in [6.07, 6.45) is 5.18. The van der Waals surface area contributed by atoms with Gasteiger partial charge < -0.3 is 5.11 Å². The van der Waals surface area contributed by atoms with Crippen LogP contribution in [0.5, 0.6) is 0 Å². The van der Waals surface area contributed by atoms with Crippen molar-refractivity contribution in [3.05, 3.63) is 64.8 Å². The van der Waals surface area contributed by atoms with Gasteiger partial charge in [0, 0.05) is 4.88 Å². The quantitative estimate of drug-likeness (QED) is 0.613. The van der Waals surface area contributed by atoms with Gasteiger partial charge in [-0.2, -0.15) is 0 Å². The van der Waals surface area contributed by atoms with Crippen molar-refractivity contribution in [3.63, 3.8) is 0 Å². The predicted octanol–water partition coefficient (Wildman–Crippen LogP) is 3.24. The van der Waals surface area contributed by atoms with Gasteiger partial charge in [0.2, 0.25) is 0 Å². The molecule has 1 fully saturated rings. The van der Waals surface area contributed by atoms with Crippen LogP contribution in [0.1, 0.15) is 46.8 Å². The second kappa shape index (κ2) is 5.50. The fourth-order valence-electron chi connectivity index (χ4n) is 3.26. The molecule has 1 aliphatic carbocycles. The molecule has 1 aliphatic rings. The maximum Gasteiger partial charge on any atom is 0.141 e. The maximum atomic E-state index is 11.1. The van der Waals surface area contributed by atoms with E-state index in [1.54, 1.807) is 22.3 Å². The van der Waals surface area contributed by atoms with Crippen molar-refractivity contribution in [2.75, 3.05) is 0 Å². The largest absolute Gasteiger partial charge is 0.380 e. The van der Waals surface area contributed by atoms with Crippen molar-refractivity contribution >= 4 is 16.2 Å². The second-order valence-electron chi connectivity index (χ2n) is 6.44. The third-order valence-corrected chi connectivity index (χ3v) is 6.00. The average molecular weight is 351 g/mol. The molecule has 3 heterocycles. The molecule has 7 heteroatoms. The van der Waals surface area contributed by atoms with Gasteiger partial charge in [0.1, 0.15) is 23.0 Å². The molecule has 0 unspecified atom stereocenters. The summed E-state index contributed by atoms with van der Waals surface area (Å²) >= 11 is 1.72. The van der Waals surface area contributed by atoms with Gasteiger partial charge in [-0.15, -0.1) is 16.4 Å². The SMILES string of the molecule is Cc1c([C@H](O)c2c(C3CC3)sc3cncn23)nnn1-c1ccccc1. The highest BCUT2D eigenvalue weighted by Crippen LogP contribution is 2.47. The summed E-state index contributed by atoms with van der Waals surface area (Å²) in [5.41, 5.74) is 3.27. The number of hydrogen-bond acceptors (Lipinski definition) is 5. The number of aromatic nitrogens is 5. The number of aliphatic hydroxyl groups excluding tert-OH is 1. The van der Waals surface area contributed by atoms with Gasteiger partial charge in [-0.1, -0.05) is 23.4 Å². The van der Waals surface area contributed by atoms with Gasteiger partial charge in [0.05, 0.1) is 23.3 Å². The van der Waals surface area contributed by atoms with Crippen molar-refractivity contribution in [2.24, 2.45) is 0 Å². The number of rotatable bonds is 4. The van der Waals surface area contributed by atoms with E-state index in [9.17, 15) is 5.11 Å². The molecule has 0 bridgehead atoms. The van der Waals surface area contributed by atoms with Gasteiger partial charge in [-0.25, -0.2) is 9.67 Å². The van der Waals surface area contributed by atoms with Gasteiger partial charge in [0.25, 0.3) is 0 Å². The number of fused-ring (bicyclic) bond motifs is 1. The van der Waals surface area contributed by atoms with Gasteiger partial charge in [-0.3, -0.25) is 4.40 Å². The Balaban J connectivity index is 1.62. The van der Waals surface area contributed by atoms with Crippen molar-refractivity contribution in [1.29, 1.82) is 0 Å². The van der Waals surface area contributed by atoms with Crippen LogP contribution in [-0.2, 0) is 0 Å². The summed E-state index contributed by atoms with van der Waals surface area (Å²) in [5.74, 6) is 0.555. The molecule has 0 saturated heterocycles. The Morgan fingerprint density at radius 1 is 1.24 bits per heavy atom. The molecule has 1 atom stereocenters. The molecule has 1 N–H and O–H groups in total. The van der Waals surface area contributed by atoms with Crippen LogP contribution in [0, 0.1) is 6.92 Å². The lowest BCUT2D eigenvalue weighted by molar-refractivity contribution is 0.207. The summed E-state index contributed by atoms with van der Waals surface area (Å²) in [5, 5.41) is 19.7. The molecular weight excluding hydrogens is 334 g/mol. The van der Waals surface area contributed by atoms with Crippen molar-refractivity contribution in [1.82, 2.24) is 24.4 Å². The number of aliphatic hydroxyl groups is 1. The van der Waals surface area contributed by atoms with Crippen molar-refractivity contribution < 1.29 is 5.11 Å². The zero-order chi connectivity index (χ0) is 17.0. The van der Waals surface area contributed by atoms with Crippen LogP contribution in [-0.4, -0.2) is 29.5 Å². The number of imidazole rings is 1. The molecule has 25 heavy (non-hydrogen) atoms. The first-order valence-corrected chi connectivity index (χ1v) is 9.16. The Labute approximate surface area is 148 Å². The molecule has 0 radical (unpaired) electrons. The zero-order valence-corrected chi connectivity index (χ0v) is 14.5. The minimum absolute atomic E-state index is 0.555. The molecule has 0 aliphatic heterocycles. The Bertz CT molecular complexity index is 1040. The van der Waals surface area contributed by atoms with Crippen LogP contribution in [0.15, 0.2) is 42.9 Å². The Kier molecular flexibility index (Phi) is 3.26. The molecule has 126 valence electrons. The van der Waals surface area contributed by atoms with Crippen molar-refractivity contribution in [3.8, 4) is 5.69 Å². The highest BCUT2D eigenvalue weighted by atomic mass is 32.1. The monoisotopic (exact) mass is 351 g/mol. The lowest BCUT2D eigenvalue weighted by Gasteiger charge is -2.11. The Hall–Kier alpha value is -2.51. The Morgan fingerprint density at radius 3 is 2.80 bits per heavy atom. The summed E-state index contributed by atoms with van der Waals surface area (Å²) in [6, 6.07) is 9.85.